The Kier molecular flexibility index (Phi) is 3.32. The van der Waals surface area contributed by atoms with Gasteiger partial charge in [0.1, 0.15) is 0 Å². The molecular weight excluding hydrogens is 212 g/mol. The SMILES string of the molecule is CN(C#N)Cc1ccc(S(C)(=O)=O)cc1. The Hall–Kier alpha value is -1.54. The molecule has 0 aromatic heterocycles. The fourth-order valence-corrected chi connectivity index (χ4v) is 1.78. The average Bonchev–Trinajstić information content (AvgIpc) is 2.17. The van der Waals surface area contributed by atoms with Gasteiger partial charge in [-0.15, -0.1) is 0 Å². The van der Waals surface area contributed by atoms with Crippen LogP contribution in [0.5, 0.6) is 0 Å². The number of hydrogen-bond donors (Lipinski definition) is 0. The van der Waals surface area contributed by atoms with Crippen molar-refractivity contribution in [1.82, 2.24) is 4.90 Å². The summed E-state index contributed by atoms with van der Waals surface area (Å²) in [5, 5.41) is 8.56. The second-order valence-electron chi connectivity index (χ2n) is 3.37. The molecule has 0 aliphatic heterocycles. The van der Waals surface area contributed by atoms with Gasteiger partial charge in [-0.1, -0.05) is 12.1 Å². The minimum absolute atomic E-state index is 0.297. The molecule has 0 unspecified atom stereocenters. The molecule has 1 rings (SSSR count). The van der Waals surface area contributed by atoms with Crippen LogP contribution in [0.15, 0.2) is 29.2 Å². The monoisotopic (exact) mass is 224 g/mol. The molecule has 4 nitrogen and oxygen atoms in total. The summed E-state index contributed by atoms with van der Waals surface area (Å²) in [5.74, 6) is 0. The molecule has 0 atom stereocenters. The van der Waals surface area contributed by atoms with E-state index in [1.807, 2.05) is 6.19 Å². The lowest BCUT2D eigenvalue weighted by Crippen LogP contribution is -2.10. The van der Waals surface area contributed by atoms with E-state index in [-0.39, 0.29) is 0 Å². The van der Waals surface area contributed by atoms with Crippen molar-refractivity contribution >= 4 is 9.84 Å². The minimum atomic E-state index is -3.13. The van der Waals surface area contributed by atoms with Crippen LogP contribution < -0.4 is 0 Å². The molecule has 0 radical (unpaired) electrons. The first-order chi connectivity index (χ1) is 6.93. The summed E-state index contributed by atoms with van der Waals surface area (Å²) < 4.78 is 22.3. The van der Waals surface area contributed by atoms with Gasteiger partial charge in [0.05, 0.1) is 11.4 Å². The zero-order valence-electron chi connectivity index (χ0n) is 8.64. The van der Waals surface area contributed by atoms with Crippen LogP contribution >= 0.6 is 0 Å². The van der Waals surface area contributed by atoms with E-state index in [2.05, 4.69) is 0 Å². The Labute approximate surface area is 89.7 Å². The standard InChI is InChI=1S/C10H12N2O2S/c1-12(8-11)7-9-3-5-10(6-4-9)15(2,13)14/h3-6H,7H2,1-2H3. The highest BCUT2D eigenvalue weighted by molar-refractivity contribution is 7.90. The normalized spacial score (nSPS) is 10.7. The van der Waals surface area contributed by atoms with Crippen molar-refractivity contribution in [3.8, 4) is 6.19 Å². The number of hydrogen-bond acceptors (Lipinski definition) is 4. The predicted octanol–water partition coefficient (Wildman–Crippen LogP) is 1.00. The molecule has 1 aromatic rings. The Bertz CT molecular complexity index is 471. The van der Waals surface area contributed by atoms with E-state index in [0.29, 0.717) is 11.4 Å². The van der Waals surface area contributed by atoms with Crippen molar-refractivity contribution < 1.29 is 8.42 Å². The van der Waals surface area contributed by atoms with Crippen LogP contribution in [0.3, 0.4) is 0 Å². The van der Waals surface area contributed by atoms with E-state index in [1.165, 1.54) is 11.2 Å². The maximum Gasteiger partial charge on any atom is 0.179 e. The second-order valence-corrected chi connectivity index (χ2v) is 5.39. The molecule has 0 N–H and O–H groups in total. The topological polar surface area (TPSA) is 61.2 Å². The van der Waals surface area contributed by atoms with E-state index in [4.69, 9.17) is 5.26 Å². The molecule has 0 heterocycles. The van der Waals surface area contributed by atoms with Crippen molar-refractivity contribution in [3.63, 3.8) is 0 Å². The summed E-state index contributed by atoms with van der Waals surface area (Å²) in [6, 6.07) is 6.53. The molecule has 15 heavy (non-hydrogen) atoms. The van der Waals surface area contributed by atoms with E-state index in [0.717, 1.165) is 5.56 Å². The first-order valence-electron chi connectivity index (χ1n) is 4.33. The van der Waals surface area contributed by atoms with E-state index >= 15 is 0 Å². The second kappa shape index (κ2) is 4.32. The van der Waals surface area contributed by atoms with Crippen LogP contribution in [0, 0.1) is 11.5 Å². The zero-order valence-corrected chi connectivity index (χ0v) is 9.45. The Morgan fingerprint density at radius 1 is 1.33 bits per heavy atom. The van der Waals surface area contributed by atoms with Gasteiger partial charge in [0.15, 0.2) is 16.0 Å². The van der Waals surface area contributed by atoms with Crippen molar-refractivity contribution in [1.29, 1.82) is 5.26 Å². The fraction of sp³-hybridized carbons (Fsp3) is 0.300. The first-order valence-corrected chi connectivity index (χ1v) is 6.22. The molecule has 5 heteroatoms. The van der Waals surface area contributed by atoms with E-state index < -0.39 is 9.84 Å². The number of nitrogens with zero attached hydrogens (tertiary/aromatic N) is 2. The van der Waals surface area contributed by atoms with Crippen LogP contribution in [0.2, 0.25) is 0 Å². The highest BCUT2D eigenvalue weighted by atomic mass is 32.2. The zero-order chi connectivity index (χ0) is 11.5. The number of rotatable bonds is 3. The Morgan fingerprint density at radius 2 is 1.87 bits per heavy atom. The van der Waals surface area contributed by atoms with E-state index in [1.54, 1.807) is 31.3 Å². The Balaban J connectivity index is 2.88. The van der Waals surface area contributed by atoms with Crippen LogP contribution in [0.1, 0.15) is 5.56 Å². The third kappa shape index (κ3) is 3.26. The highest BCUT2D eigenvalue weighted by Crippen LogP contribution is 2.11. The summed E-state index contributed by atoms with van der Waals surface area (Å²) in [7, 11) is -1.46. The van der Waals surface area contributed by atoms with Gasteiger partial charge in [-0.3, -0.25) is 0 Å². The third-order valence-corrected chi connectivity index (χ3v) is 3.07. The lowest BCUT2D eigenvalue weighted by Gasteiger charge is -2.08. The van der Waals surface area contributed by atoms with Crippen molar-refractivity contribution in [2.24, 2.45) is 0 Å². The van der Waals surface area contributed by atoms with Gasteiger partial charge < -0.3 is 4.90 Å². The molecule has 1 aromatic carbocycles. The summed E-state index contributed by atoms with van der Waals surface area (Å²) in [4.78, 5) is 1.76. The molecule has 0 saturated heterocycles. The number of sulfone groups is 1. The van der Waals surface area contributed by atoms with Gasteiger partial charge in [-0.25, -0.2) is 8.42 Å². The first kappa shape index (κ1) is 11.5. The largest absolute Gasteiger partial charge is 0.309 e. The van der Waals surface area contributed by atoms with Gasteiger partial charge in [0, 0.05) is 13.3 Å². The molecule has 0 spiro atoms. The highest BCUT2D eigenvalue weighted by Gasteiger charge is 2.06. The molecule has 0 aliphatic rings. The lowest BCUT2D eigenvalue weighted by atomic mass is 10.2. The summed E-state index contributed by atoms with van der Waals surface area (Å²) >= 11 is 0. The quantitative estimate of drug-likeness (QED) is 0.567. The van der Waals surface area contributed by atoms with E-state index in [9.17, 15) is 8.42 Å². The van der Waals surface area contributed by atoms with Crippen LogP contribution in [-0.4, -0.2) is 26.6 Å². The van der Waals surface area contributed by atoms with Crippen molar-refractivity contribution in [3.05, 3.63) is 29.8 Å². The van der Waals surface area contributed by atoms with Gasteiger partial charge >= 0.3 is 0 Å². The van der Waals surface area contributed by atoms with Crippen LogP contribution in [0.25, 0.3) is 0 Å². The smallest absolute Gasteiger partial charge is 0.179 e. The maximum absolute atomic E-state index is 11.2. The average molecular weight is 224 g/mol. The van der Waals surface area contributed by atoms with Gasteiger partial charge in [-0.05, 0) is 17.7 Å². The third-order valence-electron chi connectivity index (χ3n) is 1.94. The molecule has 80 valence electrons. The van der Waals surface area contributed by atoms with Gasteiger partial charge in [0.25, 0.3) is 0 Å². The Morgan fingerprint density at radius 3 is 2.27 bits per heavy atom. The molecular formula is C10H12N2O2S. The van der Waals surface area contributed by atoms with Crippen molar-refractivity contribution in [2.45, 2.75) is 11.4 Å². The summed E-state index contributed by atoms with van der Waals surface area (Å²) in [6.45, 7) is 0.487. The number of nitriles is 1. The minimum Gasteiger partial charge on any atom is -0.309 e. The lowest BCUT2D eigenvalue weighted by molar-refractivity contribution is 0.469. The number of benzene rings is 1. The molecule has 0 amide bonds. The molecule has 0 aliphatic carbocycles. The fourth-order valence-electron chi connectivity index (χ4n) is 1.15. The molecule has 0 saturated carbocycles. The molecule has 0 fully saturated rings. The van der Waals surface area contributed by atoms with Crippen LogP contribution in [0.4, 0.5) is 0 Å². The van der Waals surface area contributed by atoms with Crippen LogP contribution in [-0.2, 0) is 16.4 Å². The predicted molar refractivity (Wildman–Crippen MR) is 56.6 cm³/mol. The van der Waals surface area contributed by atoms with Gasteiger partial charge in [-0.2, -0.15) is 5.26 Å². The molecule has 0 bridgehead atoms. The maximum atomic E-state index is 11.2. The summed E-state index contributed by atoms with van der Waals surface area (Å²) in [5.41, 5.74) is 0.909. The van der Waals surface area contributed by atoms with Crippen molar-refractivity contribution in [2.75, 3.05) is 13.3 Å². The van der Waals surface area contributed by atoms with Gasteiger partial charge in [0.2, 0.25) is 0 Å². The summed E-state index contributed by atoms with van der Waals surface area (Å²) in [6.07, 6.45) is 3.14.